The van der Waals surface area contributed by atoms with Crippen LogP contribution in [0.4, 0.5) is 0 Å². The van der Waals surface area contributed by atoms with Crippen molar-refractivity contribution in [2.45, 2.75) is 59.9 Å². The second kappa shape index (κ2) is 8.19. The summed E-state index contributed by atoms with van der Waals surface area (Å²) in [7, 11) is 0. The normalized spacial score (nSPS) is 14.5. The van der Waals surface area contributed by atoms with E-state index in [9.17, 15) is 10.1 Å². The summed E-state index contributed by atoms with van der Waals surface area (Å²) in [5.74, 6) is 0.515. The van der Waals surface area contributed by atoms with Gasteiger partial charge in [0.05, 0.1) is 0 Å². The first-order chi connectivity index (χ1) is 11.5. The SMILES string of the molecule is CCCN(CC1CC1)C(=O)/C(C#N)=C/c1cc(C)n(CCC)c1C. The highest BCUT2D eigenvalue weighted by molar-refractivity contribution is 6.01. The molecular weight excluding hydrogens is 298 g/mol. The molecule has 1 aliphatic rings. The van der Waals surface area contributed by atoms with Crippen molar-refractivity contribution in [2.24, 2.45) is 5.92 Å². The van der Waals surface area contributed by atoms with Gasteiger partial charge in [-0.15, -0.1) is 0 Å². The van der Waals surface area contributed by atoms with Crippen molar-refractivity contribution < 1.29 is 4.79 Å². The third kappa shape index (κ3) is 4.29. The van der Waals surface area contributed by atoms with Crippen molar-refractivity contribution >= 4 is 12.0 Å². The highest BCUT2D eigenvalue weighted by atomic mass is 16.2. The van der Waals surface area contributed by atoms with E-state index in [0.29, 0.717) is 5.92 Å². The summed E-state index contributed by atoms with van der Waals surface area (Å²) in [5, 5.41) is 9.52. The Kier molecular flexibility index (Phi) is 6.25. The molecule has 130 valence electrons. The van der Waals surface area contributed by atoms with Gasteiger partial charge in [-0.25, -0.2) is 0 Å². The maximum atomic E-state index is 12.8. The number of nitrogens with zero attached hydrogens (tertiary/aromatic N) is 3. The van der Waals surface area contributed by atoms with Gasteiger partial charge in [0.2, 0.25) is 0 Å². The first-order valence-electron chi connectivity index (χ1n) is 9.09. The van der Waals surface area contributed by atoms with Gasteiger partial charge < -0.3 is 9.47 Å². The Balaban J connectivity index is 2.25. The van der Waals surface area contributed by atoms with Gasteiger partial charge in [-0.05, 0) is 63.2 Å². The predicted molar refractivity (Wildman–Crippen MR) is 97.4 cm³/mol. The maximum Gasteiger partial charge on any atom is 0.264 e. The minimum Gasteiger partial charge on any atom is -0.349 e. The minimum absolute atomic E-state index is 0.119. The molecule has 1 fully saturated rings. The van der Waals surface area contributed by atoms with Gasteiger partial charge in [-0.3, -0.25) is 4.79 Å². The molecule has 0 aromatic carbocycles. The molecule has 0 aliphatic heterocycles. The Hall–Kier alpha value is -2.02. The summed E-state index contributed by atoms with van der Waals surface area (Å²) in [5.41, 5.74) is 3.53. The van der Waals surface area contributed by atoms with Crippen LogP contribution in [0.1, 0.15) is 56.5 Å². The van der Waals surface area contributed by atoms with Crippen LogP contribution < -0.4 is 0 Å². The van der Waals surface area contributed by atoms with Crippen LogP contribution in [0.25, 0.3) is 6.08 Å². The molecule has 0 spiro atoms. The molecule has 1 amide bonds. The topological polar surface area (TPSA) is 49.0 Å². The lowest BCUT2D eigenvalue weighted by atomic mass is 10.1. The number of nitriles is 1. The number of hydrogen-bond acceptors (Lipinski definition) is 2. The quantitative estimate of drug-likeness (QED) is 0.534. The highest BCUT2D eigenvalue weighted by Gasteiger charge is 2.27. The zero-order valence-corrected chi connectivity index (χ0v) is 15.4. The van der Waals surface area contributed by atoms with E-state index in [1.165, 1.54) is 18.5 Å². The Morgan fingerprint density at radius 1 is 1.38 bits per heavy atom. The summed E-state index contributed by atoms with van der Waals surface area (Å²) in [6.07, 6.45) is 6.16. The summed E-state index contributed by atoms with van der Waals surface area (Å²) >= 11 is 0. The molecule has 0 radical (unpaired) electrons. The Labute approximate surface area is 145 Å². The van der Waals surface area contributed by atoms with Gasteiger partial charge >= 0.3 is 0 Å². The molecule has 2 rings (SSSR count). The average molecular weight is 327 g/mol. The van der Waals surface area contributed by atoms with Crippen LogP contribution in [0.5, 0.6) is 0 Å². The van der Waals surface area contributed by atoms with Crippen molar-refractivity contribution in [2.75, 3.05) is 13.1 Å². The van der Waals surface area contributed by atoms with E-state index >= 15 is 0 Å². The molecule has 4 nitrogen and oxygen atoms in total. The second-order valence-electron chi connectivity index (χ2n) is 6.84. The molecule has 0 N–H and O–H groups in total. The number of rotatable bonds is 8. The van der Waals surface area contributed by atoms with Crippen molar-refractivity contribution in [1.82, 2.24) is 9.47 Å². The lowest BCUT2D eigenvalue weighted by Crippen LogP contribution is -2.34. The Bertz CT molecular complexity index is 659. The Morgan fingerprint density at radius 3 is 2.62 bits per heavy atom. The van der Waals surface area contributed by atoms with Gasteiger partial charge in [0.1, 0.15) is 11.6 Å². The number of hydrogen-bond donors (Lipinski definition) is 0. The monoisotopic (exact) mass is 327 g/mol. The molecule has 1 aliphatic carbocycles. The smallest absolute Gasteiger partial charge is 0.264 e. The maximum absolute atomic E-state index is 12.8. The molecule has 24 heavy (non-hydrogen) atoms. The molecule has 0 bridgehead atoms. The molecular formula is C20H29N3O. The van der Waals surface area contributed by atoms with Crippen LogP contribution in [0.15, 0.2) is 11.6 Å². The zero-order chi connectivity index (χ0) is 17.7. The minimum atomic E-state index is -0.119. The number of carbonyl (C=O) groups excluding carboxylic acids is 1. The standard InChI is InChI=1S/C20H29N3O/c1-5-9-22(14-17-7-8-17)20(24)19(13-21)12-18-11-15(3)23(10-6-2)16(18)4/h11-12,17H,5-10,14H2,1-4H3/b19-12+. The fourth-order valence-electron chi connectivity index (χ4n) is 3.17. The molecule has 1 saturated carbocycles. The van der Waals surface area contributed by atoms with Crippen LogP contribution in [0.2, 0.25) is 0 Å². The highest BCUT2D eigenvalue weighted by Crippen LogP contribution is 2.30. The molecule has 0 saturated heterocycles. The largest absolute Gasteiger partial charge is 0.349 e. The second-order valence-corrected chi connectivity index (χ2v) is 6.84. The van der Waals surface area contributed by atoms with Gasteiger partial charge in [0.15, 0.2) is 0 Å². The van der Waals surface area contributed by atoms with Crippen molar-refractivity contribution in [3.05, 3.63) is 28.6 Å². The Morgan fingerprint density at radius 2 is 2.08 bits per heavy atom. The predicted octanol–water partition coefficient (Wildman–Crippen LogP) is 4.07. The van der Waals surface area contributed by atoms with Crippen molar-refractivity contribution in [3.63, 3.8) is 0 Å². The summed E-state index contributed by atoms with van der Waals surface area (Å²) in [6, 6.07) is 4.20. The summed E-state index contributed by atoms with van der Waals surface area (Å²) < 4.78 is 2.25. The van der Waals surface area contributed by atoms with E-state index in [1.807, 2.05) is 4.90 Å². The van der Waals surface area contributed by atoms with Crippen molar-refractivity contribution in [1.29, 1.82) is 5.26 Å². The lowest BCUT2D eigenvalue weighted by molar-refractivity contribution is -0.126. The molecule has 0 atom stereocenters. The zero-order valence-electron chi connectivity index (χ0n) is 15.4. The molecule has 0 unspecified atom stereocenters. The van der Waals surface area contributed by atoms with E-state index in [0.717, 1.165) is 43.7 Å². The lowest BCUT2D eigenvalue weighted by Gasteiger charge is -2.21. The van der Waals surface area contributed by atoms with Gasteiger partial charge in [0.25, 0.3) is 5.91 Å². The average Bonchev–Trinajstić information content (AvgIpc) is 3.34. The molecule has 1 heterocycles. The van der Waals surface area contributed by atoms with Crippen LogP contribution in [0.3, 0.4) is 0 Å². The third-order valence-corrected chi connectivity index (χ3v) is 4.67. The molecule has 1 aromatic rings. The van der Waals surface area contributed by atoms with Gasteiger partial charge in [-0.2, -0.15) is 5.26 Å². The number of aromatic nitrogens is 1. The van der Waals surface area contributed by atoms with E-state index in [4.69, 9.17) is 0 Å². The number of carbonyl (C=O) groups is 1. The van der Waals surface area contributed by atoms with Gasteiger partial charge in [0, 0.05) is 31.0 Å². The first kappa shape index (κ1) is 18.3. The number of aryl methyl sites for hydroxylation is 1. The van der Waals surface area contributed by atoms with Crippen LogP contribution in [-0.2, 0) is 11.3 Å². The fourth-order valence-corrected chi connectivity index (χ4v) is 3.17. The summed E-state index contributed by atoms with van der Waals surface area (Å²) in [6.45, 7) is 10.8. The van der Waals surface area contributed by atoms with E-state index < -0.39 is 0 Å². The first-order valence-corrected chi connectivity index (χ1v) is 9.09. The van der Waals surface area contributed by atoms with E-state index in [1.54, 1.807) is 6.08 Å². The van der Waals surface area contributed by atoms with E-state index in [2.05, 4.69) is 44.4 Å². The fraction of sp³-hybridized carbons (Fsp3) is 0.600. The van der Waals surface area contributed by atoms with Crippen LogP contribution in [-0.4, -0.2) is 28.5 Å². The van der Waals surface area contributed by atoms with Crippen LogP contribution in [0, 0.1) is 31.1 Å². The summed E-state index contributed by atoms with van der Waals surface area (Å²) in [4.78, 5) is 14.6. The molecule has 4 heteroatoms. The third-order valence-electron chi connectivity index (χ3n) is 4.67. The number of amides is 1. The van der Waals surface area contributed by atoms with Crippen LogP contribution >= 0.6 is 0 Å². The van der Waals surface area contributed by atoms with E-state index in [-0.39, 0.29) is 11.5 Å². The van der Waals surface area contributed by atoms with Crippen molar-refractivity contribution in [3.8, 4) is 6.07 Å². The molecule has 1 aromatic heterocycles. The van der Waals surface area contributed by atoms with Gasteiger partial charge in [-0.1, -0.05) is 13.8 Å².